The number of aliphatic hydroxyl groups excluding tert-OH is 1. The van der Waals surface area contributed by atoms with E-state index in [2.05, 4.69) is 16.5 Å². The van der Waals surface area contributed by atoms with Crippen molar-refractivity contribution in [2.24, 2.45) is 23.2 Å². The summed E-state index contributed by atoms with van der Waals surface area (Å²) in [6.45, 7) is 17.9. The Kier molecular flexibility index (Phi) is 13.3. The molecule has 0 radical (unpaired) electrons. The van der Waals surface area contributed by atoms with Crippen LogP contribution in [0.1, 0.15) is 93.9 Å². The first-order valence-corrected chi connectivity index (χ1v) is 19.9. The van der Waals surface area contributed by atoms with Crippen LogP contribution in [0, 0.1) is 23.2 Å². The van der Waals surface area contributed by atoms with Crippen molar-refractivity contribution in [3.8, 4) is 11.3 Å². The molecule has 5 rings (SSSR count). The number of ether oxygens (including phenoxy) is 4. The van der Waals surface area contributed by atoms with Crippen LogP contribution in [0.15, 0.2) is 49.7 Å². The van der Waals surface area contributed by atoms with Gasteiger partial charge < -0.3 is 33.5 Å². The number of hydrogen-bond donors (Lipinski definition) is 1. The fourth-order valence-electron chi connectivity index (χ4n) is 8.82. The van der Waals surface area contributed by atoms with E-state index in [1.807, 2.05) is 50.6 Å². The molecule has 0 bridgehead atoms. The largest absolute Gasteiger partial charge is 0.455 e. The minimum absolute atomic E-state index is 0.0604. The van der Waals surface area contributed by atoms with Gasteiger partial charge in [0.05, 0.1) is 30.3 Å². The highest BCUT2D eigenvalue weighted by Gasteiger charge is 2.60. The number of fused-ring (bicyclic) bond motifs is 1. The van der Waals surface area contributed by atoms with Crippen LogP contribution in [0.2, 0.25) is 0 Å². The van der Waals surface area contributed by atoms with E-state index in [0.717, 1.165) is 18.2 Å². The minimum Gasteiger partial charge on any atom is -0.455 e. The summed E-state index contributed by atoms with van der Waals surface area (Å²) in [7, 11) is 0. The predicted molar refractivity (Wildman–Crippen MR) is 205 cm³/mol. The number of imidazole rings is 1. The molecule has 0 saturated carbocycles. The maximum absolute atomic E-state index is 16.7. The lowest BCUT2D eigenvalue weighted by Crippen LogP contribution is -2.58. The molecule has 3 aliphatic rings. The first-order valence-electron chi connectivity index (χ1n) is 19.9. The molecular weight excluding hydrogens is 723 g/mol. The number of nitrogens with zero attached hydrogens (tertiary/aromatic N) is 4. The molecule has 0 aliphatic carbocycles. The Hall–Kier alpha value is -4.01. The van der Waals surface area contributed by atoms with E-state index in [4.69, 9.17) is 18.9 Å². The Morgan fingerprint density at radius 3 is 2.48 bits per heavy atom. The van der Waals surface area contributed by atoms with E-state index in [1.165, 1.54) is 17.9 Å². The summed E-state index contributed by atoms with van der Waals surface area (Å²) in [6, 6.07) is 2.83. The zero-order valence-electron chi connectivity index (χ0n) is 34.0. The minimum atomic E-state index is -3.13. The van der Waals surface area contributed by atoms with Gasteiger partial charge in [-0.15, -0.1) is 0 Å². The molecule has 1 unspecified atom stereocenters. The third-order valence-electron chi connectivity index (χ3n) is 12.0. The number of esters is 1. The predicted octanol–water partition coefficient (Wildman–Crippen LogP) is 6.27. The lowest BCUT2D eigenvalue weighted by molar-refractivity contribution is -0.284. The van der Waals surface area contributed by atoms with Crippen LogP contribution in [-0.4, -0.2) is 103 Å². The number of alkyl halides is 1. The summed E-state index contributed by atoms with van der Waals surface area (Å²) in [4.78, 5) is 66.1. The summed E-state index contributed by atoms with van der Waals surface area (Å²) >= 11 is 0. The molecule has 3 saturated heterocycles. The second-order valence-electron chi connectivity index (χ2n) is 16.9. The Labute approximate surface area is 329 Å². The number of unbranched alkanes of at least 4 members (excludes halogenated alkanes) is 1. The summed E-state index contributed by atoms with van der Waals surface area (Å²) in [6.07, 6.45) is 4.87. The molecule has 14 heteroatoms. The number of aromatic nitrogens is 3. The van der Waals surface area contributed by atoms with Crippen LogP contribution in [0.25, 0.3) is 11.3 Å². The van der Waals surface area contributed by atoms with Gasteiger partial charge in [-0.3, -0.25) is 14.6 Å². The van der Waals surface area contributed by atoms with Gasteiger partial charge in [-0.05, 0) is 75.5 Å². The average molecular weight is 783 g/mol. The lowest BCUT2D eigenvalue weighted by atomic mass is 9.70. The molecule has 1 amide bonds. The average Bonchev–Trinajstić information content (AvgIpc) is 3.74. The van der Waals surface area contributed by atoms with E-state index in [1.54, 1.807) is 32.6 Å². The molecule has 2 aromatic heterocycles. The number of ketones is 2. The van der Waals surface area contributed by atoms with Gasteiger partial charge in [0.1, 0.15) is 18.0 Å². The van der Waals surface area contributed by atoms with Crippen molar-refractivity contribution in [3.05, 3.63) is 49.7 Å². The zero-order valence-corrected chi connectivity index (χ0v) is 34.0. The number of carbonyl (C=O) groups excluding carboxylic acids is 4. The number of halogens is 1. The SMILES string of the molecule is C=C[C@]12OC(=O)N(CCCCn3cnc(-c4cccnc4)c3)[C@@H]1CC(=O)[C@H](C)CC(C)(C)[C@H](OC1O[C@H](C)C[C@H](C)[C@H]1O)[C@@H](C)C(=O)[C@](C)(F)C(=O)O[C@@H]2CC. The number of aliphatic hydroxyl groups is 1. The molecule has 13 nitrogen and oxygen atoms in total. The second kappa shape index (κ2) is 17.2. The van der Waals surface area contributed by atoms with Crippen molar-refractivity contribution in [2.45, 2.75) is 148 Å². The highest BCUT2D eigenvalue weighted by molar-refractivity contribution is 6.07. The number of pyridine rings is 1. The molecule has 1 N–H and O–H groups in total. The quantitative estimate of drug-likeness (QED) is 0.125. The Bertz CT molecular complexity index is 1730. The van der Waals surface area contributed by atoms with Crippen molar-refractivity contribution in [1.29, 1.82) is 0 Å². The normalized spacial score (nSPS) is 35.7. The van der Waals surface area contributed by atoms with E-state index in [9.17, 15) is 24.3 Å². The van der Waals surface area contributed by atoms with Crippen LogP contribution in [0.4, 0.5) is 9.18 Å². The molecule has 56 heavy (non-hydrogen) atoms. The molecule has 0 spiro atoms. The molecule has 3 aliphatic heterocycles. The molecule has 11 atom stereocenters. The van der Waals surface area contributed by atoms with Crippen LogP contribution in [0.5, 0.6) is 0 Å². The number of aryl methyl sites for hydroxylation is 1. The van der Waals surface area contributed by atoms with E-state index < -0.39 is 77.0 Å². The maximum atomic E-state index is 16.7. The number of carbonyl (C=O) groups is 4. The smallest absolute Gasteiger partial charge is 0.411 e. The van der Waals surface area contributed by atoms with Crippen molar-refractivity contribution in [2.75, 3.05) is 6.54 Å². The Morgan fingerprint density at radius 1 is 1.11 bits per heavy atom. The highest BCUT2D eigenvalue weighted by Crippen LogP contribution is 2.44. The van der Waals surface area contributed by atoms with Crippen molar-refractivity contribution in [1.82, 2.24) is 19.4 Å². The third-order valence-corrected chi connectivity index (χ3v) is 12.0. The molecule has 5 heterocycles. The summed E-state index contributed by atoms with van der Waals surface area (Å²) in [5.41, 5.74) is -4.14. The molecule has 2 aromatic rings. The fourth-order valence-corrected chi connectivity index (χ4v) is 8.82. The van der Waals surface area contributed by atoms with E-state index in [-0.39, 0.29) is 43.6 Å². The zero-order chi connectivity index (χ0) is 41.2. The number of amides is 1. The summed E-state index contributed by atoms with van der Waals surface area (Å²) < 4.78 is 42.9. The maximum Gasteiger partial charge on any atom is 0.411 e. The van der Waals surface area contributed by atoms with Crippen molar-refractivity contribution < 1.29 is 47.6 Å². The van der Waals surface area contributed by atoms with Crippen molar-refractivity contribution in [3.63, 3.8) is 0 Å². The Balaban J connectivity index is 1.43. The van der Waals surface area contributed by atoms with Gasteiger partial charge in [-0.25, -0.2) is 19.0 Å². The van der Waals surface area contributed by atoms with E-state index in [0.29, 0.717) is 25.8 Å². The fraction of sp³-hybridized carbons (Fsp3) is 0.667. The molecule has 308 valence electrons. The van der Waals surface area contributed by atoms with Crippen LogP contribution >= 0.6 is 0 Å². The lowest BCUT2D eigenvalue weighted by Gasteiger charge is -2.45. The van der Waals surface area contributed by atoms with Crippen LogP contribution in [-0.2, 0) is 39.9 Å². The van der Waals surface area contributed by atoms with Gasteiger partial charge >= 0.3 is 12.1 Å². The number of rotatable bonds is 10. The van der Waals surface area contributed by atoms with Gasteiger partial charge in [0.25, 0.3) is 5.67 Å². The topological polar surface area (TPSA) is 159 Å². The first kappa shape index (κ1) is 43.1. The first-order chi connectivity index (χ1) is 26.4. The van der Waals surface area contributed by atoms with E-state index >= 15 is 4.39 Å². The van der Waals surface area contributed by atoms with Gasteiger partial charge in [0.15, 0.2) is 17.7 Å². The van der Waals surface area contributed by atoms with Crippen LogP contribution < -0.4 is 0 Å². The summed E-state index contributed by atoms with van der Waals surface area (Å²) in [5.74, 6) is -4.76. The van der Waals surface area contributed by atoms with Gasteiger partial charge in [-0.2, -0.15) is 0 Å². The second-order valence-corrected chi connectivity index (χ2v) is 16.9. The summed E-state index contributed by atoms with van der Waals surface area (Å²) in [5, 5.41) is 11.0. The number of cyclic esters (lactones) is 1. The number of hydrogen-bond acceptors (Lipinski definition) is 11. The molecular formula is C42H59FN4O9. The molecule has 0 aromatic carbocycles. The van der Waals surface area contributed by atoms with Gasteiger partial charge in [0.2, 0.25) is 0 Å². The number of Topliss-reactive ketones (excluding diaryl/α,β-unsaturated/α-hetero) is 2. The van der Waals surface area contributed by atoms with Gasteiger partial charge in [-0.1, -0.05) is 48.1 Å². The van der Waals surface area contributed by atoms with Crippen molar-refractivity contribution >= 4 is 23.6 Å². The van der Waals surface area contributed by atoms with Gasteiger partial charge in [0, 0.05) is 55.5 Å². The monoisotopic (exact) mass is 782 g/mol. The molecule has 3 fully saturated rings. The third kappa shape index (κ3) is 8.77. The highest BCUT2D eigenvalue weighted by atomic mass is 19.1. The standard InChI is InChI=1S/C42H59FN4O9/c1-10-33-42(11-2)32(47(39(52)56-42)18-13-12-17-46-23-30(45-24-46)29-15-14-16-44-22-29)20-31(48)26(4)21-40(7,8)36(28(6)35(50)41(9,43)38(51)54-33)55-37-34(49)25(3)19-27(5)53-37/h11,14-16,22-28,32-34,36-37,49H,2,10,12-13,17-21H2,1,3-9H3/t25-,26+,27+,28-,32+,33+,34+,36+,37?,41-,42-/m0/s1. The Morgan fingerprint density at radius 2 is 1.82 bits per heavy atom. The van der Waals surface area contributed by atoms with Crippen LogP contribution in [0.3, 0.4) is 0 Å².